The quantitative estimate of drug-likeness (QED) is 0.853. The highest BCUT2D eigenvalue weighted by Gasteiger charge is 2.09. The Balaban J connectivity index is 1.90. The SMILES string of the molecule is CC(C)CCC(C)NC(=O)Nc1cccc(-c2nnco2)c1. The van der Waals surface area contributed by atoms with E-state index in [1.165, 1.54) is 6.39 Å². The van der Waals surface area contributed by atoms with Crippen LogP contribution in [0.2, 0.25) is 0 Å². The van der Waals surface area contributed by atoms with Crippen molar-refractivity contribution in [2.75, 3.05) is 5.32 Å². The maximum Gasteiger partial charge on any atom is 0.319 e. The number of rotatable bonds is 6. The van der Waals surface area contributed by atoms with Gasteiger partial charge in [-0.2, -0.15) is 0 Å². The number of hydrogen-bond acceptors (Lipinski definition) is 4. The molecule has 6 nitrogen and oxygen atoms in total. The summed E-state index contributed by atoms with van der Waals surface area (Å²) in [5.74, 6) is 1.06. The third-order valence-corrected chi connectivity index (χ3v) is 3.28. The van der Waals surface area contributed by atoms with Crippen molar-refractivity contribution >= 4 is 11.7 Å². The van der Waals surface area contributed by atoms with Crippen LogP contribution >= 0.6 is 0 Å². The number of carbonyl (C=O) groups is 1. The van der Waals surface area contributed by atoms with E-state index >= 15 is 0 Å². The van der Waals surface area contributed by atoms with E-state index in [1.807, 2.05) is 25.1 Å². The second kappa shape index (κ2) is 7.59. The number of aromatic nitrogens is 2. The number of carbonyl (C=O) groups excluding carboxylic acids is 1. The second-order valence-electron chi connectivity index (χ2n) is 5.80. The standard InChI is InChI=1S/C16H22N4O2/c1-11(2)7-8-12(3)18-16(21)19-14-6-4-5-13(9-14)15-20-17-10-22-15/h4-6,9-12H,7-8H2,1-3H3,(H2,18,19,21). The second-order valence-corrected chi connectivity index (χ2v) is 5.80. The number of anilines is 1. The molecule has 0 saturated carbocycles. The summed E-state index contributed by atoms with van der Waals surface area (Å²) in [6, 6.07) is 7.23. The zero-order chi connectivity index (χ0) is 15.9. The van der Waals surface area contributed by atoms with Crippen LogP contribution in [0.4, 0.5) is 10.5 Å². The van der Waals surface area contributed by atoms with Crippen molar-refractivity contribution in [3.63, 3.8) is 0 Å². The van der Waals surface area contributed by atoms with Crippen molar-refractivity contribution in [1.29, 1.82) is 0 Å². The zero-order valence-corrected chi connectivity index (χ0v) is 13.2. The van der Waals surface area contributed by atoms with E-state index in [0.29, 0.717) is 17.5 Å². The Morgan fingerprint density at radius 1 is 1.27 bits per heavy atom. The number of nitrogens with one attached hydrogen (secondary N) is 2. The lowest BCUT2D eigenvalue weighted by molar-refractivity contribution is 0.248. The molecule has 0 saturated heterocycles. The van der Waals surface area contributed by atoms with E-state index < -0.39 is 0 Å². The summed E-state index contributed by atoms with van der Waals surface area (Å²) in [4.78, 5) is 12.0. The summed E-state index contributed by atoms with van der Waals surface area (Å²) in [6.07, 6.45) is 3.33. The van der Waals surface area contributed by atoms with Crippen molar-refractivity contribution in [2.24, 2.45) is 5.92 Å². The molecule has 1 aromatic carbocycles. The molecular weight excluding hydrogens is 280 g/mol. The molecule has 0 radical (unpaired) electrons. The largest absolute Gasteiger partial charge is 0.423 e. The molecule has 2 N–H and O–H groups in total. The maximum atomic E-state index is 12.0. The fourth-order valence-corrected chi connectivity index (χ4v) is 2.08. The van der Waals surface area contributed by atoms with Gasteiger partial charge in [-0.25, -0.2) is 4.79 Å². The number of benzene rings is 1. The molecule has 6 heteroatoms. The van der Waals surface area contributed by atoms with Gasteiger partial charge in [-0.3, -0.25) is 0 Å². The van der Waals surface area contributed by atoms with Gasteiger partial charge in [0, 0.05) is 17.3 Å². The summed E-state index contributed by atoms with van der Waals surface area (Å²) in [7, 11) is 0. The summed E-state index contributed by atoms with van der Waals surface area (Å²) in [5.41, 5.74) is 1.45. The van der Waals surface area contributed by atoms with Gasteiger partial charge in [-0.05, 0) is 43.9 Å². The third kappa shape index (κ3) is 4.87. The number of urea groups is 1. The van der Waals surface area contributed by atoms with Gasteiger partial charge < -0.3 is 15.1 Å². The van der Waals surface area contributed by atoms with E-state index in [9.17, 15) is 4.79 Å². The molecule has 0 spiro atoms. The molecule has 2 amide bonds. The van der Waals surface area contributed by atoms with Crippen molar-refractivity contribution in [3.8, 4) is 11.5 Å². The van der Waals surface area contributed by atoms with Crippen LogP contribution in [0.1, 0.15) is 33.6 Å². The molecule has 0 aliphatic heterocycles. The van der Waals surface area contributed by atoms with Crippen molar-refractivity contribution in [3.05, 3.63) is 30.7 Å². The average molecular weight is 302 g/mol. The van der Waals surface area contributed by atoms with Gasteiger partial charge in [-0.15, -0.1) is 10.2 Å². The van der Waals surface area contributed by atoms with E-state index in [2.05, 4.69) is 34.7 Å². The van der Waals surface area contributed by atoms with Gasteiger partial charge in [0.05, 0.1) is 0 Å². The van der Waals surface area contributed by atoms with Crippen molar-refractivity contribution < 1.29 is 9.21 Å². The summed E-state index contributed by atoms with van der Waals surface area (Å²) in [6.45, 7) is 6.36. The van der Waals surface area contributed by atoms with Gasteiger partial charge >= 0.3 is 6.03 Å². The smallest absolute Gasteiger partial charge is 0.319 e. The predicted octanol–water partition coefficient (Wildman–Crippen LogP) is 3.68. The van der Waals surface area contributed by atoms with Crippen LogP contribution in [-0.4, -0.2) is 22.3 Å². The number of amides is 2. The Kier molecular flexibility index (Phi) is 5.52. The van der Waals surface area contributed by atoms with Gasteiger partial charge in [0.2, 0.25) is 12.3 Å². The predicted molar refractivity (Wildman–Crippen MR) is 85.4 cm³/mol. The fraction of sp³-hybridized carbons (Fsp3) is 0.438. The number of nitrogens with zero attached hydrogens (tertiary/aromatic N) is 2. The first-order valence-electron chi connectivity index (χ1n) is 7.48. The van der Waals surface area contributed by atoms with Crippen LogP contribution < -0.4 is 10.6 Å². The van der Waals surface area contributed by atoms with Crippen LogP contribution in [0, 0.1) is 5.92 Å². The Hall–Kier alpha value is -2.37. The normalized spacial score (nSPS) is 12.2. The highest BCUT2D eigenvalue weighted by atomic mass is 16.4. The molecule has 0 aliphatic rings. The summed E-state index contributed by atoms with van der Waals surface area (Å²) in [5, 5.41) is 13.3. The molecular formula is C16H22N4O2. The van der Waals surface area contributed by atoms with Crippen LogP contribution in [0.15, 0.2) is 35.1 Å². The van der Waals surface area contributed by atoms with Gasteiger partial charge in [0.1, 0.15) is 0 Å². The van der Waals surface area contributed by atoms with Crippen molar-refractivity contribution in [2.45, 2.75) is 39.7 Å². The van der Waals surface area contributed by atoms with Crippen molar-refractivity contribution in [1.82, 2.24) is 15.5 Å². The zero-order valence-electron chi connectivity index (χ0n) is 13.2. The molecule has 118 valence electrons. The van der Waals surface area contributed by atoms with Gasteiger partial charge in [0.25, 0.3) is 0 Å². The average Bonchev–Trinajstić information content (AvgIpc) is 2.99. The molecule has 1 heterocycles. The summed E-state index contributed by atoms with van der Waals surface area (Å²) < 4.78 is 5.15. The molecule has 22 heavy (non-hydrogen) atoms. The van der Waals surface area contributed by atoms with E-state index in [4.69, 9.17) is 4.42 Å². The minimum atomic E-state index is -0.209. The molecule has 2 rings (SSSR count). The molecule has 0 bridgehead atoms. The van der Waals surface area contributed by atoms with Gasteiger partial charge in [-0.1, -0.05) is 19.9 Å². The monoisotopic (exact) mass is 302 g/mol. The molecule has 2 aromatic rings. The number of hydrogen-bond donors (Lipinski definition) is 2. The molecule has 1 aromatic heterocycles. The Morgan fingerprint density at radius 3 is 2.77 bits per heavy atom. The summed E-state index contributed by atoms with van der Waals surface area (Å²) >= 11 is 0. The van der Waals surface area contributed by atoms with Crippen LogP contribution in [0.5, 0.6) is 0 Å². The Morgan fingerprint density at radius 2 is 2.09 bits per heavy atom. The minimum absolute atomic E-state index is 0.140. The lowest BCUT2D eigenvalue weighted by Gasteiger charge is -2.15. The molecule has 1 unspecified atom stereocenters. The van der Waals surface area contributed by atoms with E-state index in [-0.39, 0.29) is 12.1 Å². The van der Waals surface area contributed by atoms with Crippen LogP contribution in [0.25, 0.3) is 11.5 Å². The first kappa shape index (κ1) is 16.0. The highest BCUT2D eigenvalue weighted by Crippen LogP contribution is 2.20. The van der Waals surface area contributed by atoms with E-state index in [0.717, 1.165) is 18.4 Å². The topological polar surface area (TPSA) is 80.0 Å². The first-order valence-corrected chi connectivity index (χ1v) is 7.48. The molecule has 0 fully saturated rings. The fourth-order valence-electron chi connectivity index (χ4n) is 2.08. The highest BCUT2D eigenvalue weighted by molar-refractivity contribution is 5.90. The third-order valence-electron chi connectivity index (χ3n) is 3.28. The Bertz CT molecular complexity index is 596. The maximum absolute atomic E-state index is 12.0. The molecule has 1 atom stereocenters. The van der Waals surface area contributed by atoms with Crippen LogP contribution in [-0.2, 0) is 0 Å². The van der Waals surface area contributed by atoms with E-state index in [1.54, 1.807) is 6.07 Å². The molecule has 0 aliphatic carbocycles. The lowest BCUT2D eigenvalue weighted by atomic mass is 10.0. The Labute approximate surface area is 130 Å². The van der Waals surface area contributed by atoms with Crippen LogP contribution in [0.3, 0.4) is 0 Å². The first-order chi connectivity index (χ1) is 10.5. The van der Waals surface area contributed by atoms with Gasteiger partial charge in [0.15, 0.2) is 0 Å². The minimum Gasteiger partial charge on any atom is -0.423 e. The lowest BCUT2D eigenvalue weighted by Crippen LogP contribution is -2.36.